The van der Waals surface area contributed by atoms with Crippen LogP contribution in [-0.2, 0) is 22.4 Å². The summed E-state index contributed by atoms with van der Waals surface area (Å²) in [4.78, 5) is 25.2. The highest BCUT2D eigenvalue weighted by molar-refractivity contribution is 7.10. The van der Waals surface area contributed by atoms with Gasteiger partial charge in [-0.25, -0.2) is 9.97 Å². The summed E-state index contributed by atoms with van der Waals surface area (Å²) in [5.41, 5.74) is 2.14. The van der Waals surface area contributed by atoms with E-state index in [2.05, 4.69) is 29.0 Å². The molecule has 1 aliphatic carbocycles. The maximum atomic E-state index is 12.4. The van der Waals surface area contributed by atoms with Crippen LogP contribution >= 0.6 is 11.3 Å². The Hall–Kier alpha value is -1.99. The second-order valence-electron chi connectivity index (χ2n) is 7.50. The van der Waals surface area contributed by atoms with Crippen molar-refractivity contribution in [2.75, 3.05) is 18.0 Å². The third-order valence-corrected chi connectivity index (χ3v) is 6.00. The van der Waals surface area contributed by atoms with Gasteiger partial charge in [0.1, 0.15) is 0 Å². The first-order valence-electron chi connectivity index (χ1n) is 9.66. The molecule has 1 amide bonds. The Balaban J connectivity index is 1.47. The first-order valence-corrected chi connectivity index (χ1v) is 10.5. The Morgan fingerprint density at radius 3 is 2.93 bits per heavy atom. The van der Waals surface area contributed by atoms with Crippen LogP contribution in [0.3, 0.4) is 0 Å². The lowest BCUT2D eigenvalue weighted by atomic mass is 9.92. The Bertz CT molecular complexity index is 785. The van der Waals surface area contributed by atoms with Crippen LogP contribution in [0.1, 0.15) is 48.9 Å². The Morgan fingerprint density at radius 1 is 1.37 bits per heavy atom. The molecule has 2 aromatic rings. The smallest absolute Gasteiger partial charge is 0.225 e. The number of nitrogens with one attached hydrogen (secondary N) is 1. The Morgan fingerprint density at radius 2 is 2.19 bits per heavy atom. The molecule has 2 aromatic heterocycles. The fraction of sp³-hybridized carbons (Fsp3) is 0.550. The topological polar surface area (TPSA) is 67.4 Å². The van der Waals surface area contributed by atoms with E-state index < -0.39 is 0 Å². The molecule has 3 heterocycles. The molecule has 1 aliphatic heterocycles. The molecular weight excluding hydrogens is 360 g/mol. The molecule has 1 saturated heterocycles. The molecular formula is C20H26N4O2S. The van der Waals surface area contributed by atoms with Gasteiger partial charge in [0, 0.05) is 29.7 Å². The van der Waals surface area contributed by atoms with Gasteiger partial charge in [-0.2, -0.15) is 0 Å². The minimum atomic E-state index is 0.0119. The summed E-state index contributed by atoms with van der Waals surface area (Å²) in [6.07, 6.45) is 5.62. The van der Waals surface area contributed by atoms with Gasteiger partial charge in [0.2, 0.25) is 11.9 Å². The largest absolute Gasteiger partial charge is 0.372 e. The van der Waals surface area contributed by atoms with E-state index in [4.69, 9.17) is 9.72 Å². The van der Waals surface area contributed by atoms with Crippen molar-refractivity contribution in [1.29, 1.82) is 0 Å². The molecule has 6 nitrogen and oxygen atoms in total. The molecule has 2 aliphatic rings. The number of hydrogen-bond acceptors (Lipinski definition) is 6. The van der Waals surface area contributed by atoms with Gasteiger partial charge < -0.3 is 15.0 Å². The number of anilines is 1. The summed E-state index contributed by atoms with van der Waals surface area (Å²) in [5.74, 6) is 0.844. The van der Waals surface area contributed by atoms with Crippen LogP contribution < -0.4 is 10.2 Å². The van der Waals surface area contributed by atoms with Crippen molar-refractivity contribution in [3.63, 3.8) is 0 Å². The van der Waals surface area contributed by atoms with E-state index in [1.165, 1.54) is 0 Å². The van der Waals surface area contributed by atoms with Crippen molar-refractivity contribution >= 4 is 23.2 Å². The van der Waals surface area contributed by atoms with Crippen molar-refractivity contribution < 1.29 is 9.53 Å². The summed E-state index contributed by atoms with van der Waals surface area (Å²) in [6, 6.07) is 3.99. The number of carbonyl (C=O) groups excluding carboxylic acids is 1. The van der Waals surface area contributed by atoms with Crippen molar-refractivity contribution in [3.8, 4) is 0 Å². The number of amides is 1. The van der Waals surface area contributed by atoms with Crippen LogP contribution in [0.5, 0.6) is 0 Å². The molecule has 4 rings (SSSR count). The van der Waals surface area contributed by atoms with Crippen LogP contribution in [0.25, 0.3) is 0 Å². The minimum Gasteiger partial charge on any atom is -0.372 e. The lowest BCUT2D eigenvalue weighted by Gasteiger charge is -2.36. The van der Waals surface area contributed by atoms with Gasteiger partial charge in [-0.3, -0.25) is 4.79 Å². The molecule has 3 atom stereocenters. The van der Waals surface area contributed by atoms with Gasteiger partial charge in [0.05, 0.1) is 30.4 Å². The van der Waals surface area contributed by atoms with Crippen molar-refractivity contribution in [3.05, 3.63) is 39.8 Å². The standard InChI is InChI=1S/C20H26N4O2S/c1-13-11-24(12-14(2)26-13)20-21-10-16-17(6-3-7-18(16)23-20)22-19(25)9-15-5-4-8-27-15/h4-5,8,10,13-14,17H,3,6-7,9,11-12H2,1-2H3,(H,22,25). The predicted octanol–water partition coefficient (Wildman–Crippen LogP) is 2.89. The van der Waals surface area contributed by atoms with Gasteiger partial charge in [-0.05, 0) is 44.6 Å². The Labute approximate surface area is 164 Å². The van der Waals surface area contributed by atoms with Gasteiger partial charge in [-0.15, -0.1) is 11.3 Å². The van der Waals surface area contributed by atoms with Crippen LogP contribution in [0.2, 0.25) is 0 Å². The van der Waals surface area contributed by atoms with E-state index >= 15 is 0 Å². The molecule has 0 aromatic carbocycles. The number of aromatic nitrogens is 2. The second-order valence-corrected chi connectivity index (χ2v) is 8.54. The maximum absolute atomic E-state index is 12.4. The quantitative estimate of drug-likeness (QED) is 0.875. The van der Waals surface area contributed by atoms with Gasteiger partial charge in [-0.1, -0.05) is 6.07 Å². The van der Waals surface area contributed by atoms with Crippen LogP contribution in [0.15, 0.2) is 23.7 Å². The number of thiophene rings is 1. The molecule has 1 N–H and O–H groups in total. The number of rotatable bonds is 4. The third-order valence-electron chi connectivity index (χ3n) is 5.12. The van der Waals surface area contributed by atoms with Gasteiger partial charge >= 0.3 is 0 Å². The average molecular weight is 387 g/mol. The Kier molecular flexibility index (Phi) is 5.41. The summed E-state index contributed by atoms with van der Waals surface area (Å²) in [5, 5.41) is 5.18. The van der Waals surface area contributed by atoms with Crippen molar-refractivity contribution in [1.82, 2.24) is 15.3 Å². The SMILES string of the molecule is CC1CN(c2ncc3c(n2)CCCC3NC(=O)Cc2cccs2)CC(C)O1. The highest BCUT2D eigenvalue weighted by Gasteiger charge is 2.27. The van der Waals surface area contributed by atoms with Crippen LogP contribution in [-0.4, -0.2) is 41.2 Å². The molecule has 0 saturated carbocycles. The van der Waals surface area contributed by atoms with E-state index in [9.17, 15) is 4.79 Å². The molecule has 0 radical (unpaired) electrons. The number of morpholine rings is 1. The van der Waals surface area contributed by atoms with Crippen molar-refractivity contribution in [2.45, 2.75) is 57.8 Å². The minimum absolute atomic E-state index is 0.0119. The first kappa shape index (κ1) is 18.4. The maximum Gasteiger partial charge on any atom is 0.225 e. The number of ether oxygens (including phenoxy) is 1. The lowest BCUT2D eigenvalue weighted by molar-refractivity contribution is -0.121. The number of carbonyl (C=O) groups is 1. The normalized spacial score (nSPS) is 25.1. The second kappa shape index (κ2) is 7.94. The molecule has 3 unspecified atom stereocenters. The summed E-state index contributed by atoms with van der Waals surface area (Å²) in [6.45, 7) is 5.79. The van der Waals surface area contributed by atoms with Gasteiger partial charge in [0.25, 0.3) is 0 Å². The van der Waals surface area contributed by atoms with E-state index in [1.807, 2.05) is 23.7 Å². The summed E-state index contributed by atoms with van der Waals surface area (Å²) < 4.78 is 5.81. The highest BCUT2D eigenvalue weighted by atomic mass is 32.1. The van der Waals surface area contributed by atoms with Crippen LogP contribution in [0.4, 0.5) is 5.95 Å². The molecule has 27 heavy (non-hydrogen) atoms. The molecule has 7 heteroatoms. The summed E-state index contributed by atoms with van der Waals surface area (Å²) in [7, 11) is 0. The summed E-state index contributed by atoms with van der Waals surface area (Å²) >= 11 is 1.62. The third kappa shape index (κ3) is 4.30. The van der Waals surface area contributed by atoms with Crippen LogP contribution in [0, 0.1) is 0 Å². The number of nitrogens with zero attached hydrogens (tertiary/aromatic N) is 3. The zero-order chi connectivity index (χ0) is 18.8. The van der Waals surface area contributed by atoms with E-state index in [1.54, 1.807) is 11.3 Å². The lowest BCUT2D eigenvalue weighted by Crippen LogP contribution is -2.46. The predicted molar refractivity (Wildman–Crippen MR) is 106 cm³/mol. The fourth-order valence-corrected chi connectivity index (χ4v) is 4.70. The number of hydrogen-bond donors (Lipinski definition) is 1. The molecule has 1 fully saturated rings. The van der Waals surface area contributed by atoms with E-state index in [-0.39, 0.29) is 24.2 Å². The van der Waals surface area contributed by atoms with E-state index in [0.717, 1.165) is 54.4 Å². The van der Waals surface area contributed by atoms with E-state index in [0.29, 0.717) is 6.42 Å². The first-order chi connectivity index (χ1) is 13.1. The average Bonchev–Trinajstić information content (AvgIpc) is 3.13. The van der Waals surface area contributed by atoms with Crippen molar-refractivity contribution in [2.24, 2.45) is 0 Å². The number of aryl methyl sites for hydroxylation is 1. The number of fused-ring (bicyclic) bond motifs is 1. The molecule has 0 spiro atoms. The fourth-order valence-electron chi connectivity index (χ4n) is 4.00. The zero-order valence-corrected chi connectivity index (χ0v) is 16.7. The molecule has 0 bridgehead atoms. The van der Waals surface area contributed by atoms with Gasteiger partial charge in [0.15, 0.2) is 0 Å². The zero-order valence-electron chi connectivity index (χ0n) is 15.9. The highest BCUT2D eigenvalue weighted by Crippen LogP contribution is 2.30. The molecule has 144 valence electrons. The monoisotopic (exact) mass is 386 g/mol.